The van der Waals surface area contributed by atoms with E-state index in [9.17, 15) is 13.9 Å². The van der Waals surface area contributed by atoms with Gasteiger partial charge in [0.15, 0.2) is 0 Å². The maximum Gasteiger partial charge on any atom is 0.142 e. The van der Waals surface area contributed by atoms with E-state index in [2.05, 4.69) is 5.10 Å². The molecule has 0 saturated heterocycles. The average Bonchev–Trinajstić information content (AvgIpc) is 2.82. The zero-order chi connectivity index (χ0) is 14.9. The van der Waals surface area contributed by atoms with Crippen molar-refractivity contribution in [2.75, 3.05) is 0 Å². The van der Waals surface area contributed by atoms with Crippen LogP contribution in [0.4, 0.5) is 8.78 Å². The molecule has 20 heavy (non-hydrogen) atoms. The molecule has 108 valence electrons. The number of halogens is 3. The molecular weight excluding hydrogens is 286 g/mol. The monoisotopic (exact) mass is 300 g/mol. The summed E-state index contributed by atoms with van der Waals surface area (Å²) in [6.07, 6.45) is 0.723. The Labute approximate surface area is 120 Å². The van der Waals surface area contributed by atoms with Gasteiger partial charge in [-0.05, 0) is 32.0 Å². The molecule has 0 aliphatic heterocycles. The van der Waals surface area contributed by atoms with Crippen LogP contribution in [-0.2, 0) is 6.42 Å². The number of hydrogen-bond donors (Lipinski definition) is 1. The van der Waals surface area contributed by atoms with E-state index < -0.39 is 17.7 Å². The van der Waals surface area contributed by atoms with Gasteiger partial charge in [-0.25, -0.2) is 8.78 Å². The van der Waals surface area contributed by atoms with Gasteiger partial charge in [-0.15, -0.1) is 0 Å². The quantitative estimate of drug-likeness (QED) is 0.875. The van der Waals surface area contributed by atoms with Crippen LogP contribution in [0.1, 0.15) is 37.3 Å². The average molecular weight is 301 g/mol. The number of benzene rings is 1. The van der Waals surface area contributed by atoms with Crippen LogP contribution in [0.5, 0.6) is 0 Å². The highest BCUT2D eigenvalue weighted by Gasteiger charge is 2.18. The first-order chi connectivity index (χ1) is 9.38. The van der Waals surface area contributed by atoms with Crippen LogP contribution in [0.15, 0.2) is 24.4 Å². The molecule has 1 aromatic carbocycles. The van der Waals surface area contributed by atoms with Crippen molar-refractivity contribution in [3.63, 3.8) is 0 Å². The summed E-state index contributed by atoms with van der Waals surface area (Å²) in [6.45, 7) is 3.95. The summed E-state index contributed by atoms with van der Waals surface area (Å²) in [5, 5.41) is 14.0. The molecule has 0 amide bonds. The molecule has 2 rings (SSSR count). The van der Waals surface area contributed by atoms with E-state index in [0.717, 1.165) is 12.1 Å². The van der Waals surface area contributed by atoms with Crippen molar-refractivity contribution in [2.24, 2.45) is 0 Å². The molecular formula is C14H15ClF2N2O. The molecule has 0 radical (unpaired) electrons. The molecule has 3 nitrogen and oxygen atoms in total. The molecule has 0 aliphatic rings. The Morgan fingerprint density at radius 1 is 1.30 bits per heavy atom. The summed E-state index contributed by atoms with van der Waals surface area (Å²) >= 11 is 5.48. The molecule has 1 aromatic heterocycles. The Kier molecular flexibility index (Phi) is 4.40. The van der Waals surface area contributed by atoms with E-state index in [0.29, 0.717) is 5.69 Å². The SMILES string of the molecule is CC(C)n1ccc(CC(O)c2cc(F)c(Cl)cc2F)n1. The van der Waals surface area contributed by atoms with E-state index in [4.69, 9.17) is 11.6 Å². The Balaban J connectivity index is 2.19. The molecule has 0 aliphatic carbocycles. The number of aliphatic hydroxyl groups is 1. The van der Waals surface area contributed by atoms with Gasteiger partial charge in [-0.2, -0.15) is 5.10 Å². The molecule has 2 aromatic rings. The second-order valence-corrected chi connectivity index (χ2v) is 5.30. The van der Waals surface area contributed by atoms with Gasteiger partial charge in [-0.1, -0.05) is 11.6 Å². The van der Waals surface area contributed by atoms with Crippen molar-refractivity contribution in [1.29, 1.82) is 0 Å². The summed E-state index contributed by atoms with van der Waals surface area (Å²) in [4.78, 5) is 0. The van der Waals surface area contributed by atoms with Gasteiger partial charge >= 0.3 is 0 Å². The minimum Gasteiger partial charge on any atom is -0.388 e. The fourth-order valence-electron chi connectivity index (χ4n) is 1.88. The van der Waals surface area contributed by atoms with Gasteiger partial charge in [0.1, 0.15) is 11.6 Å². The topological polar surface area (TPSA) is 38.0 Å². The lowest BCUT2D eigenvalue weighted by molar-refractivity contribution is 0.171. The van der Waals surface area contributed by atoms with Gasteiger partial charge in [0, 0.05) is 24.2 Å². The van der Waals surface area contributed by atoms with Crippen molar-refractivity contribution < 1.29 is 13.9 Å². The molecule has 0 bridgehead atoms. The smallest absolute Gasteiger partial charge is 0.142 e. The molecule has 6 heteroatoms. The van der Waals surface area contributed by atoms with Crippen molar-refractivity contribution >= 4 is 11.6 Å². The predicted molar refractivity (Wildman–Crippen MR) is 72.6 cm³/mol. The fraction of sp³-hybridized carbons (Fsp3) is 0.357. The van der Waals surface area contributed by atoms with Gasteiger partial charge in [0.25, 0.3) is 0 Å². The molecule has 1 atom stereocenters. The van der Waals surface area contributed by atoms with Crippen molar-refractivity contribution in [1.82, 2.24) is 9.78 Å². The van der Waals surface area contributed by atoms with Crippen LogP contribution in [0, 0.1) is 11.6 Å². The van der Waals surface area contributed by atoms with E-state index in [-0.39, 0.29) is 23.0 Å². The van der Waals surface area contributed by atoms with Gasteiger partial charge in [-0.3, -0.25) is 4.68 Å². The highest BCUT2D eigenvalue weighted by molar-refractivity contribution is 6.30. The lowest BCUT2D eigenvalue weighted by atomic mass is 10.0. The maximum atomic E-state index is 13.7. The number of aromatic nitrogens is 2. The van der Waals surface area contributed by atoms with Crippen LogP contribution >= 0.6 is 11.6 Å². The number of hydrogen-bond acceptors (Lipinski definition) is 2. The highest BCUT2D eigenvalue weighted by atomic mass is 35.5. The van der Waals surface area contributed by atoms with Crippen LogP contribution in [0.3, 0.4) is 0 Å². The van der Waals surface area contributed by atoms with E-state index in [1.54, 1.807) is 16.9 Å². The number of nitrogens with zero attached hydrogens (tertiary/aromatic N) is 2. The second-order valence-electron chi connectivity index (χ2n) is 4.89. The fourth-order valence-corrected chi connectivity index (χ4v) is 2.03. The molecule has 1 N–H and O–H groups in total. The van der Waals surface area contributed by atoms with Gasteiger partial charge in [0.2, 0.25) is 0 Å². The molecule has 0 saturated carbocycles. The minimum absolute atomic E-state index is 0.109. The van der Waals surface area contributed by atoms with E-state index in [1.165, 1.54) is 0 Å². The lowest BCUT2D eigenvalue weighted by Crippen LogP contribution is -2.07. The highest BCUT2D eigenvalue weighted by Crippen LogP contribution is 2.26. The van der Waals surface area contributed by atoms with Gasteiger partial charge < -0.3 is 5.11 Å². The predicted octanol–water partition coefficient (Wildman–Crippen LogP) is 3.67. The summed E-state index contributed by atoms with van der Waals surface area (Å²) in [5.74, 6) is -1.48. The van der Waals surface area contributed by atoms with Crippen molar-refractivity contribution in [3.8, 4) is 0 Å². The zero-order valence-electron chi connectivity index (χ0n) is 11.1. The number of rotatable bonds is 4. The molecule has 0 fully saturated rings. The van der Waals surface area contributed by atoms with Crippen LogP contribution in [0.2, 0.25) is 5.02 Å². The Bertz CT molecular complexity index is 613. The van der Waals surface area contributed by atoms with Crippen LogP contribution in [0.25, 0.3) is 0 Å². The first kappa shape index (κ1) is 14.9. The molecule has 1 unspecified atom stereocenters. The third-order valence-corrected chi connectivity index (χ3v) is 3.28. The first-order valence-electron chi connectivity index (χ1n) is 6.25. The molecule has 1 heterocycles. The summed E-state index contributed by atoms with van der Waals surface area (Å²) in [7, 11) is 0. The van der Waals surface area contributed by atoms with Gasteiger partial charge in [0.05, 0.1) is 16.8 Å². The van der Waals surface area contributed by atoms with E-state index in [1.807, 2.05) is 13.8 Å². The standard InChI is InChI=1S/C14H15ClF2N2O/c1-8(2)19-4-3-9(18-19)5-14(20)10-6-13(17)11(15)7-12(10)16/h3-4,6-8,14,20H,5H2,1-2H3. The lowest BCUT2D eigenvalue weighted by Gasteiger charge is -2.11. The number of aliphatic hydroxyl groups excluding tert-OH is 1. The largest absolute Gasteiger partial charge is 0.388 e. The molecule has 0 spiro atoms. The van der Waals surface area contributed by atoms with E-state index >= 15 is 0 Å². The Morgan fingerprint density at radius 3 is 2.60 bits per heavy atom. The third kappa shape index (κ3) is 3.16. The second kappa shape index (κ2) is 5.89. The first-order valence-corrected chi connectivity index (χ1v) is 6.63. The van der Waals surface area contributed by atoms with Crippen LogP contribution in [-0.4, -0.2) is 14.9 Å². The normalized spacial score (nSPS) is 12.9. The summed E-state index contributed by atoms with van der Waals surface area (Å²) < 4.78 is 28.8. The summed E-state index contributed by atoms with van der Waals surface area (Å²) in [6, 6.07) is 3.72. The maximum absolute atomic E-state index is 13.7. The minimum atomic E-state index is -1.17. The third-order valence-electron chi connectivity index (χ3n) is 2.99. The Morgan fingerprint density at radius 2 is 2.00 bits per heavy atom. The summed E-state index contributed by atoms with van der Waals surface area (Å²) in [5.41, 5.74) is 0.493. The van der Waals surface area contributed by atoms with Crippen molar-refractivity contribution in [2.45, 2.75) is 32.4 Å². The van der Waals surface area contributed by atoms with Crippen LogP contribution < -0.4 is 0 Å². The van der Waals surface area contributed by atoms with Crippen molar-refractivity contribution in [3.05, 3.63) is 52.3 Å². The zero-order valence-corrected chi connectivity index (χ0v) is 11.9. The Hall–Kier alpha value is -1.46.